The molecule has 1 aliphatic rings. The number of methoxy groups -OCH3 is 1. The summed E-state index contributed by atoms with van der Waals surface area (Å²) in [5.41, 5.74) is 1.76. The minimum absolute atomic E-state index is 0.0110. The van der Waals surface area contributed by atoms with E-state index in [9.17, 15) is 19.1 Å². The summed E-state index contributed by atoms with van der Waals surface area (Å²) >= 11 is 0. The summed E-state index contributed by atoms with van der Waals surface area (Å²) < 4.78 is 24.4. The Balaban J connectivity index is 2.03. The second-order valence-corrected chi connectivity index (χ2v) is 8.07. The first-order valence-corrected chi connectivity index (χ1v) is 11.2. The van der Waals surface area contributed by atoms with E-state index in [1.807, 2.05) is 6.92 Å². The largest absolute Gasteiger partial charge is 0.507 e. The molecule has 7 heteroatoms. The highest BCUT2D eigenvalue weighted by Crippen LogP contribution is 2.40. The van der Waals surface area contributed by atoms with Crippen molar-refractivity contribution in [2.75, 3.05) is 26.9 Å². The maximum atomic E-state index is 13.5. The normalized spacial score (nSPS) is 17.6. The number of amides is 1. The molecule has 1 saturated heterocycles. The first kappa shape index (κ1) is 24.5. The molecule has 1 amide bonds. The van der Waals surface area contributed by atoms with Crippen molar-refractivity contribution in [3.8, 4) is 5.75 Å². The van der Waals surface area contributed by atoms with Gasteiger partial charge in [-0.1, -0.05) is 25.5 Å². The quantitative estimate of drug-likeness (QED) is 0.242. The minimum atomic E-state index is -0.816. The van der Waals surface area contributed by atoms with Crippen molar-refractivity contribution < 1.29 is 28.6 Å². The average molecular weight is 456 g/mol. The summed E-state index contributed by atoms with van der Waals surface area (Å²) in [6, 6.07) is 9.94. The van der Waals surface area contributed by atoms with Crippen LogP contribution in [-0.4, -0.2) is 48.6 Å². The number of carbonyl (C=O) groups excluding carboxylic acids is 2. The second kappa shape index (κ2) is 11.1. The monoisotopic (exact) mass is 455 g/mol. The Morgan fingerprint density at radius 1 is 1.09 bits per heavy atom. The van der Waals surface area contributed by atoms with Crippen LogP contribution in [0, 0.1) is 12.7 Å². The average Bonchev–Trinajstić information content (AvgIpc) is 3.05. The lowest BCUT2D eigenvalue weighted by molar-refractivity contribution is -0.140. The molecule has 33 heavy (non-hydrogen) atoms. The Kier molecular flexibility index (Phi) is 8.22. The number of halogens is 1. The third kappa shape index (κ3) is 5.42. The molecule has 0 spiro atoms. The van der Waals surface area contributed by atoms with E-state index in [0.29, 0.717) is 36.5 Å². The maximum Gasteiger partial charge on any atom is 0.295 e. The number of aliphatic hydroxyl groups excluding tert-OH is 1. The van der Waals surface area contributed by atoms with Crippen LogP contribution in [-0.2, 0) is 14.3 Å². The van der Waals surface area contributed by atoms with Crippen LogP contribution >= 0.6 is 0 Å². The van der Waals surface area contributed by atoms with Crippen LogP contribution < -0.4 is 4.74 Å². The molecule has 0 saturated carbocycles. The molecule has 2 aromatic carbocycles. The van der Waals surface area contributed by atoms with Crippen molar-refractivity contribution in [3.63, 3.8) is 0 Å². The zero-order chi connectivity index (χ0) is 24.0. The molecule has 1 fully saturated rings. The summed E-state index contributed by atoms with van der Waals surface area (Å²) in [5, 5.41) is 11.2. The zero-order valence-corrected chi connectivity index (χ0v) is 19.3. The number of benzene rings is 2. The van der Waals surface area contributed by atoms with Crippen molar-refractivity contribution in [2.24, 2.45) is 0 Å². The molecule has 1 aliphatic heterocycles. The van der Waals surface area contributed by atoms with Gasteiger partial charge in [0.15, 0.2) is 0 Å². The van der Waals surface area contributed by atoms with Gasteiger partial charge in [0.1, 0.15) is 17.3 Å². The number of carbonyl (C=O) groups is 2. The summed E-state index contributed by atoms with van der Waals surface area (Å²) in [4.78, 5) is 27.3. The Hall–Kier alpha value is -3.19. The number of nitrogens with zero attached hydrogens (tertiary/aromatic N) is 1. The smallest absolute Gasteiger partial charge is 0.295 e. The molecule has 1 atom stereocenters. The van der Waals surface area contributed by atoms with E-state index < -0.39 is 23.5 Å². The highest BCUT2D eigenvalue weighted by Gasteiger charge is 2.45. The molecular weight excluding hydrogens is 425 g/mol. The molecule has 0 aromatic heterocycles. The molecular formula is C26H30FNO5. The number of Topliss-reactive ketones (excluding diaryl/α,β-unsaturated/α-hetero) is 1. The van der Waals surface area contributed by atoms with Gasteiger partial charge in [-0.3, -0.25) is 9.59 Å². The van der Waals surface area contributed by atoms with Crippen LogP contribution in [0.15, 0.2) is 48.0 Å². The lowest BCUT2D eigenvalue weighted by Crippen LogP contribution is -2.31. The van der Waals surface area contributed by atoms with Gasteiger partial charge in [0, 0.05) is 25.8 Å². The van der Waals surface area contributed by atoms with Gasteiger partial charge in [-0.25, -0.2) is 4.39 Å². The van der Waals surface area contributed by atoms with Gasteiger partial charge in [-0.15, -0.1) is 0 Å². The lowest BCUT2D eigenvalue weighted by Gasteiger charge is -2.25. The highest BCUT2D eigenvalue weighted by atomic mass is 19.1. The molecule has 0 aliphatic carbocycles. The molecule has 0 unspecified atom stereocenters. The van der Waals surface area contributed by atoms with Gasteiger partial charge in [0.05, 0.1) is 18.2 Å². The van der Waals surface area contributed by atoms with Crippen molar-refractivity contribution in [1.82, 2.24) is 4.90 Å². The van der Waals surface area contributed by atoms with E-state index >= 15 is 0 Å². The molecule has 0 bridgehead atoms. The Morgan fingerprint density at radius 2 is 1.82 bits per heavy atom. The zero-order valence-electron chi connectivity index (χ0n) is 19.3. The van der Waals surface area contributed by atoms with Gasteiger partial charge in [0.2, 0.25) is 0 Å². The number of ketones is 1. The fraction of sp³-hybridized carbons (Fsp3) is 0.385. The Bertz CT molecular complexity index is 1030. The van der Waals surface area contributed by atoms with E-state index in [-0.39, 0.29) is 17.9 Å². The van der Waals surface area contributed by atoms with Gasteiger partial charge in [-0.2, -0.15) is 0 Å². The second-order valence-electron chi connectivity index (χ2n) is 8.07. The molecule has 2 aromatic rings. The number of aryl methyl sites for hydroxylation is 1. The predicted octanol–water partition coefficient (Wildman–Crippen LogP) is 4.77. The number of aliphatic hydroxyl groups is 1. The molecule has 0 radical (unpaired) electrons. The molecule has 6 nitrogen and oxygen atoms in total. The predicted molar refractivity (Wildman–Crippen MR) is 123 cm³/mol. The number of hydrogen-bond acceptors (Lipinski definition) is 5. The van der Waals surface area contributed by atoms with Gasteiger partial charge in [-0.05, 0) is 61.2 Å². The van der Waals surface area contributed by atoms with Crippen molar-refractivity contribution in [1.29, 1.82) is 0 Å². The van der Waals surface area contributed by atoms with E-state index in [0.717, 1.165) is 18.4 Å². The molecule has 1 heterocycles. The van der Waals surface area contributed by atoms with Crippen LogP contribution in [0.4, 0.5) is 4.39 Å². The maximum absolute atomic E-state index is 13.5. The molecule has 176 valence electrons. The van der Waals surface area contributed by atoms with Crippen molar-refractivity contribution in [3.05, 3.63) is 70.5 Å². The summed E-state index contributed by atoms with van der Waals surface area (Å²) in [5.74, 6) is -1.45. The van der Waals surface area contributed by atoms with Crippen molar-refractivity contribution >= 4 is 17.4 Å². The third-order valence-corrected chi connectivity index (χ3v) is 5.68. The SMILES string of the molecule is CCCCOc1ccc(C(O)=C2C(=O)C(=O)N(CCCOC)[C@@H]2c2ccc(F)cc2)cc1C. The molecule has 3 rings (SSSR count). The standard InChI is InChI=1S/C26H30FNO5/c1-4-5-15-33-21-12-9-19(16-17(21)2)24(29)22-23(18-7-10-20(27)11-8-18)28(13-6-14-32-3)26(31)25(22)30/h7-12,16,23,29H,4-6,13-15H2,1-3H3/t23-/m1/s1. The van der Waals surface area contributed by atoms with Crippen LogP contribution in [0.3, 0.4) is 0 Å². The number of likely N-dealkylation sites (tertiary alicyclic amines) is 1. The Labute approximate surface area is 193 Å². The van der Waals surface area contributed by atoms with Gasteiger partial charge < -0.3 is 19.5 Å². The Morgan fingerprint density at radius 3 is 2.45 bits per heavy atom. The minimum Gasteiger partial charge on any atom is -0.507 e. The fourth-order valence-electron chi connectivity index (χ4n) is 3.92. The van der Waals surface area contributed by atoms with E-state index in [2.05, 4.69) is 6.92 Å². The van der Waals surface area contributed by atoms with Crippen LogP contribution in [0.1, 0.15) is 48.9 Å². The van der Waals surface area contributed by atoms with Crippen LogP contribution in [0.2, 0.25) is 0 Å². The van der Waals surface area contributed by atoms with Crippen molar-refractivity contribution in [2.45, 2.75) is 39.2 Å². The lowest BCUT2D eigenvalue weighted by atomic mass is 9.94. The number of rotatable bonds is 10. The van der Waals surface area contributed by atoms with Crippen LogP contribution in [0.5, 0.6) is 5.75 Å². The van der Waals surface area contributed by atoms with Gasteiger partial charge in [0.25, 0.3) is 11.7 Å². The third-order valence-electron chi connectivity index (χ3n) is 5.68. The number of unbranched alkanes of at least 4 members (excludes halogenated alkanes) is 1. The van der Waals surface area contributed by atoms with E-state index in [1.165, 1.54) is 29.2 Å². The van der Waals surface area contributed by atoms with E-state index in [1.54, 1.807) is 25.3 Å². The number of ether oxygens (including phenoxy) is 2. The topological polar surface area (TPSA) is 76.1 Å². The first-order valence-electron chi connectivity index (χ1n) is 11.2. The van der Waals surface area contributed by atoms with Crippen LogP contribution in [0.25, 0.3) is 5.76 Å². The number of hydrogen-bond donors (Lipinski definition) is 1. The highest BCUT2D eigenvalue weighted by molar-refractivity contribution is 6.46. The summed E-state index contributed by atoms with van der Waals surface area (Å²) in [7, 11) is 1.56. The van der Waals surface area contributed by atoms with Gasteiger partial charge >= 0.3 is 0 Å². The summed E-state index contributed by atoms with van der Waals surface area (Å²) in [6.45, 7) is 5.22. The summed E-state index contributed by atoms with van der Waals surface area (Å²) in [6.07, 6.45) is 2.47. The van der Waals surface area contributed by atoms with E-state index in [4.69, 9.17) is 9.47 Å². The fourth-order valence-corrected chi connectivity index (χ4v) is 3.92. The molecule has 1 N–H and O–H groups in total. The first-order chi connectivity index (χ1) is 15.9.